The van der Waals surface area contributed by atoms with Crippen LogP contribution in [0.4, 0.5) is 0 Å². The molecule has 86 valence electrons. The molecule has 0 fully saturated rings. The Morgan fingerprint density at radius 1 is 1.69 bits per heavy atom. The Balaban J connectivity index is 2.53. The van der Waals surface area contributed by atoms with Gasteiger partial charge in [-0.1, -0.05) is 23.7 Å². The summed E-state index contributed by atoms with van der Waals surface area (Å²) in [6.07, 6.45) is 1.06. The molecule has 0 spiro atoms. The first kappa shape index (κ1) is 12.6. The maximum Gasteiger partial charge on any atom is 0.261 e. The summed E-state index contributed by atoms with van der Waals surface area (Å²) in [7, 11) is 0. The van der Waals surface area contributed by atoms with Crippen molar-refractivity contribution in [1.29, 1.82) is 0 Å². The van der Waals surface area contributed by atoms with Gasteiger partial charge in [-0.25, -0.2) is 0 Å². The second-order valence-corrected chi connectivity index (χ2v) is 3.69. The van der Waals surface area contributed by atoms with Gasteiger partial charge in [0.15, 0.2) is 6.10 Å². The van der Waals surface area contributed by atoms with Crippen LogP contribution in [0.1, 0.15) is 6.92 Å². The van der Waals surface area contributed by atoms with Crippen LogP contribution < -0.4 is 10.1 Å². The molecule has 1 rings (SSSR count). The highest BCUT2D eigenvalue weighted by atomic mass is 35.5. The molecule has 0 saturated heterocycles. The summed E-state index contributed by atoms with van der Waals surface area (Å²) in [5.41, 5.74) is 0. The molecule has 16 heavy (non-hydrogen) atoms. The van der Waals surface area contributed by atoms with Crippen molar-refractivity contribution in [3.63, 3.8) is 0 Å². The summed E-state index contributed by atoms with van der Waals surface area (Å²) >= 11 is 5.80. The van der Waals surface area contributed by atoms with Gasteiger partial charge < -0.3 is 10.1 Å². The summed E-state index contributed by atoms with van der Waals surface area (Å²) in [6.45, 7) is 5.63. The molecule has 1 aromatic carbocycles. The van der Waals surface area contributed by atoms with E-state index in [0.29, 0.717) is 17.3 Å². The normalized spacial score (nSPS) is 11.6. The van der Waals surface area contributed by atoms with E-state index in [-0.39, 0.29) is 5.91 Å². The van der Waals surface area contributed by atoms with Gasteiger partial charge in [-0.05, 0) is 25.1 Å². The number of halogens is 1. The summed E-state index contributed by atoms with van der Waals surface area (Å²) in [4.78, 5) is 11.5. The molecule has 0 unspecified atom stereocenters. The molecule has 0 saturated carbocycles. The lowest BCUT2D eigenvalue weighted by atomic mass is 10.3. The number of hydrogen-bond acceptors (Lipinski definition) is 2. The molecule has 0 aromatic heterocycles. The molecule has 1 atom stereocenters. The molecular weight excluding hydrogens is 226 g/mol. The number of carbonyl (C=O) groups is 1. The second kappa shape index (κ2) is 6.18. The molecule has 0 heterocycles. The molecule has 0 aliphatic carbocycles. The average molecular weight is 240 g/mol. The van der Waals surface area contributed by atoms with Crippen LogP contribution in [0.15, 0.2) is 36.9 Å². The fourth-order valence-electron chi connectivity index (χ4n) is 1.11. The number of amides is 1. The van der Waals surface area contributed by atoms with Gasteiger partial charge in [0.05, 0.1) is 0 Å². The van der Waals surface area contributed by atoms with Crippen molar-refractivity contribution in [2.24, 2.45) is 0 Å². The van der Waals surface area contributed by atoms with E-state index >= 15 is 0 Å². The van der Waals surface area contributed by atoms with E-state index in [0.717, 1.165) is 0 Å². The highest BCUT2D eigenvalue weighted by molar-refractivity contribution is 6.30. The molecule has 1 amide bonds. The number of nitrogens with one attached hydrogen (secondary N) is 1. The third-order valence-electron chi connectivity index (χ3n) is 1.90. The van der Waals surface area contributed by atoms with Gasteiger partial charge in [0.25, 0.3) is 5.91 Å². The lowest BCUT2D eigenvalue weighted by molar-refractivity contribution is -0.127. The van der Waals surface area contributed by atoms with Gasteiger partial charge in [0, 0.05) is 11.6 Å². The van der Waals surface area contributed by atoms with Gasteiger partial charge in [-0.3, -0.25) is 4.79 Å². The van der Waals surface area contributed by atoms with E-state index in [9.17, 15) is 4.79 Å². The standard InChI is InChI=1S/C12H14ClNO2/c1-3-7-14-12(15)9(2)16-11-6-4-5-10(13)8-11/h3-6,8-9H,1,7H2,2H3,(H,14,15)/t9-/m1/s1. The van der Waals surface area contributed by atoms with Crippen molar-refractivity contribution in [2.75, 3.05) is 6.54 Å². The maximum absolute atomic E-state index is 11.5. The van der Waals surface area contributed by atoms with Crippen LogP contribution >= 0.6 is 11.6 Å². The van der Waals surface area contributed by atoms with Gasteiger partial charge in [0.2, 0.25) is 0 Å². The minimum absolute atomic E-state index is 0.181. The minimum atomic E-state index is -0.557. The highest BCUT2D eigenvalue weighted by Gasteiger charge is 2.13. The maximum atomic E-state index is 11.5. The number of benzene rings is 1. The molecule has 4 heteroatoms. The Hall–Kier alpha value is -1.48. The lowest BCUT2D eigenvalue weighted by Gasteiger charge is -2.14. The van der Waals surface area contributed by atoms with Crippen molar-refractivity contribution in [2.45, 2.75) is 13.0 Å². The van der Waals surface area contributed by atoms with E-state index in [4.69, 9.17) is 16.3 Å². The zero-order valence-corrected chi connectivity index (χ0v) is 9.83. The smallest absolute Gasteiger partial charge is 0.261 e. The molecule has 1 N–H and O–H groups in total. The second-order valence-electron chi connectivity index (χ2n) is 3.25. The first-order chi connectivity index (χ1) is 7.63. The van der Waals surface area contributed by atoms with Gasteiger partial charge in [0.1, 0.15) is 5.75 Å². The van der Waals surface area contributed by atoms with E-state index in [1.54, 1.807) is 37.3 Å². The molecule has 0 bridgehead atoms. The topological polar surface area (TPSA) is 38.3 Å². The highest BCUT2D eigenvalue weighted by Crippen LogP contribution is 2.18. The molecule has 3 nitrogen and oxygen atoms in total. The predicted octanol–water partition coefficient (Wildman–Crippen LogP) is 2.41. The third-order valence-corrected chi connectivity index (χ3v) is 2.13. The first-order valence-electron chi connectivity index (χ1n) is 4.94. The van der Waals surface area contributed by atoms with Gasteiger partial charge >= 0.3 is 0 Å². The zero-order valence-electron chi connectivity index (χ0n) is 9.07. The van der Waals surface area contributed by atoms with Crippen molar-refractivity contribution in [1.82, 2.24) is 5.32 Å². The molecule has 1 aromatic rings. The predicted molar refractivity (Wildman–Crippen MR) is 64.7 cm³/mol. The van der Waals surface area contributed by atoms with Crippen molar-refractivity contribution in [3.05, 3.63) is 41.9 Å². The molecular formula is C12H14ClNO2. The SMILES string of the molecule is C=CCNC(=O)[C@@H](C)Oc1cccc(Cl)c1. The molecule has 0 radical (unpaired) electrons. The quantitative estimate of drug-likeness (QED) is 0.802. The number of ether oxygens (including phenoxy) is 1. The largest absolute Gasteiger partial charge is 0.481 e. The minimum Gasteiger partial charge on any atom is -0.481 e. The fraction of sp³-hybridized carbons (Fsp3) is 0.250. The van der Waals surface area contributed by atoms with Crippen molar-refractivity contribution in [3.8, 4) is 5.75 Å². The molecule has 0 aliphatic rings. The Labute approximate surface area is 100 Å². The van der Waals surface area contributed by atoms with Crippen LogP contribution in [0.2, 0.25) is 5.02 Å². The summed E-state index contributed by atoms with van der Waals surface area (Å²) in [6, 6.07) is 6.94. The Kier molecular flexibility index (Phi) is 4.86. The zero-order chi connectivity index (χ0) is 12.0. The van der Waals surface area contributed by atoms with Crippen LogP contribution in [-0.4, -0.2) is 18.6 Å². The first-order valence-corrected chi connectivity index (χ1v) is 5.32. The number of rotatable bonds is 5. The van der Waals surface area contributed by atoms with Crippen LogP contribution in [-0.2, 0) is 4.79 Å². The molecule has 0 aliphatic heterocycles. The van der Waals surface area contributed by atoms with Crippen molar-refractivity contribution >= 4 is 17.5 Å². The third kappa shape index (κ3) is 3.95. The monoisotopic (exact) mass is 239 g/mol. The van der Waals surface area contributed by atoms with Crippen LogP contribution in [0.25, 0.3) is 0 Å². The van der Waals surface area contributed by atoms with Gasteiger partial charge in [-0.2, -0.15) is 0 Å². The number of hydrogen-bond donors (Lipinski definition) is 1. The Morgan fingerprint density at radius 2 is 2.44 bits per heavy atom. The Morgan fingerprint density at radius 3 is 3.06 bits per heavy atom. The lowest BCUT2D eigenvalue weighted by Crippen LogP contribution is -2.36. The van der Waals surface area contributed by atoms with Crippen LogP contribution in [0, 0.1) is 0 Å². The van der Waals surface area contributed by atoms with Gasteiger partial charge in [-0.15, -0.1) is 6.58 Å². The van der Waals surface area contributed by atoms with Crippen molar-refractivity contribution < 1.29 is 9.53 Å². The summed E-state index contributed by atoms with van der Waals surface area (Å²) < 4.78 is 5.42. The average Bonchev–Trinajstić information content (AvgIpc) is 2.25. The summed E-state index contributed by atoms with van der Waals surface area (Å²) in [5.74, 6) is 0.397. The van der Waals surface area contributed by atoms with E-state index < -0.39 is 6.10 Å². The fourth-order valence-corrected chi connectivity index (χ4v) is 1.29. The van der Waals surface area contributed by atoms with E-state index in [1.807, 2.05) is 0 Å². The van der Waals surface area contributed by atoms with E-state index in [1.165, 1.54) is 0 Å². The van der Waals surface area contributed by atoms with Crippen LogP contribution in [0.5, 0.6) is 5.75 Å². The number of carbonyl (C=O) groups excluding carboxylic acids is 1. The van der Waals surface area contributed by atoms with E-state index in [2.05, 4.69) is 11.9 Å². The Bertz CT molecular complexity index is 379. The van der Waals surface area contributed by atoms with Crippen LogP contribution in [0.3, 0.4) is 0 Å². The summed E-state index contributed by atoms with van der Waals surface area (Å²) in [5, 5.41) is 3.23.